The maximum Gasteiger partial charge on any atom is 0.240 e. The molecule has 0 saturated heterocycles. The number of rotatable bonds is 11. The number of sulfonamides is 1. The molecule has 0 heterocycles. The molecule has 0 aliphatic rings. The molecule has 9 heteroatoms. The molecular formula is C24H25ClN2O5S. The van der Waals surface area contributed by atoms with Gasteiger partial charge in [-0.1, -0.05) is 54.1 Å². The van der Waals surface area contributed by atoms with Crippen molar-refractivity contribution in [1.29, 1.82) is 0 Å². The molecule has 1 N–H and O–H groups in total. The number of carbonyl (C=O) groups is 1. The third-order valence-electron chi connectivity index (χ3n) is 4.58. The van der Waals surface area contributed by atoms with Crippen LogP contribution in [0.4, 0.5) is 5.69 Å². The number of nitrogens with one attached hydrogen (secondary N) is 1. The molecule has 0 spiro atoms. The topological polar surface area (TPSA) is 84.9 Å². The number of benzene rings is 3. The first-order chi connectivity index (χ1) is 15.8. The van der Waals surface area contributed by atoms with Gasteiger partial charge in [0.25, 0.3) is 0 Å². The lowest BCUT2D eigenvalue weighted by atomic mass is 10.2. The van der Waals surface area contributed by atoms with Gasteiger partial charge >= 0.3 is 0 Å². The lowest BCUT2D eigenvalue weighted by Gasteiger charge is -2.22. The summed E-state index contributed by atoms with van der Waals surface area (Å²) in [5.74, 6) is 0.658. The Bertz CT molecular complexity index is 1150. The zero-order valence-electron chi connectivity index (χ0n) is 18.1. The minimum absolute atomic E-state index is 0.196. The highest BCUT2D eigenvalue weighted by Crippen LogP contribution is 2.23. The van der Waals surface area contributed by atoms with Gasteiger partial charge in [-0.15, -0.1) is 0 Å². The van der Waals surface area contributed by atoms with Crippen LogP contribution in [0.25, 0.3) is 0 Å². The van der Waals surface area contributed by atoms with Gasteiger partial charge in [0.05, 0.1) is 23.5 Å². The summed E-state index contributed by atoms with van der Waals surface area (Å²) in [5.41, 5.74) is 1.39. The fraction of sp³-hybridized carbons (Fsp3) is 0.208. The van der Waals surface area contributed by atoms with E-state index in [1.54, 1.807) is 48.5 Å². The molecule has 0 unspecified atom stereocenters. The molecule has 174 valence electrons. The van der Waals surface area contributed by atoms with Gasteiger partial charge in [-0.25, -0.2) is 8.42 Å². The van der Waals surface area contributed by atoms with Crippen LogP contribution in [0.3, 0.4) is 0 Å². The number of halogens is 1. The highest BCUT2D eigenvalue weighted by atomic mass is 35.5. The van der Waals surface area contributed by atoms with E-state index in [1.807, 2.05) is 30.3 Å². The number of amides is 1. The van der Waals surface area contributed by atoms with Crippen molar-refractivity contribution in [3.8, 4) is 11.5 Å². The molecule has 0 aliphatic heterocycles. The van der Waals surface area contributed by atoms with Gasteiger partial charge in [-0.05, 0) is 42.0 Å². The van der Waals surface area contributed by atoms with Crippen molar-refractivity contribution >= 4 is 33.2 Å². The van der Waals surface area contributed by atoms with Gasteiger partial charge in [-0.3, -0.25) is 9.10 Å². The van der Waals surface area contributed by atoms with E-state index in [0.717, 1.165) is 16.1 Å². The summed E-state index contributed by atoms with van der Waals surface area (Å²) < 4.78 is 36.9. The Morgan fingerprint density at radius 1 is 0.939 bits per heavy atom. The molecule has 7 nitrogen and oxygen atoms in total. The van der Waals surface area contributed by atoms with Gasteiger partial charge in [0.15, 0.2) is 0 Å². The molecule has 3 rings (SSSR count). The lowest BCUT2D eigenvalue weighted by molar-refractivity contribution is -0.119. The van der Waals surface area contributed by atoms with E-state index >= 15 is 0 Å². The summed E-state index contributed by atoms with van der Waals surface area (Å²) >= 11 is 6.02. The van der Waals surface area contributed by atoms with E-state index in [1.165, 1.54) is 0 Å². The summed E-state index contributed by atoms with van der Waals surface area (Å²) in [6, 6.07) is 23.3. The lowest BCUT2D eigenvalue weighted by Crippen LogP contribution is -2.41. The highest BCUT2D eigenvalue weighted by molar-refractivity contribution is 7.92. The summed E-state index contributed by atoms with van der Waals surface area (Å²) in [4.78, 5) is 12.4. The molecule has 0 aromatic heterocycles. The molecule has 0 aliphatic carbocycles. The summed E-state index contributed by atoms with van der Waals surface area (Å²) in [6.07, 6.45) is 1.06. The zero-order chi connectivity index (χ0) is 23.7. The first-order valence-corrected chi connectivity index (χ1v) is 12.4. The predicted molar refractivity (Wildman–Crippen MR) is 129 cm³/mol. The van der Waals surface area contributed by atoms with Crippen LogP contribution in [-0.2, 0) is 21.4 Å². The third-order valence-corrected chi connectivity index (χ3v) is 6.03. The Morgan fingerprint density at radius 2 is 1.61 bits per heavy atom. The maximum absolute atomic E-state index is 12.4. The Balaban J connectivity index is 1.53. The van der Waals surface area contributed by atoms with Crippen molar-refractivity contribution in [3.63, 3.8) is 0 Å². The zero-order valence-corrected chi connectivity index (χ0v) is 19.7. The fourth-order valence-electron chi connectivity index (χ4n) is 2.95. The SMILES string of the molecule is CS(=O)(=O)N(CC(=O)NCCOc1ccccc1Cl)c1ccc(OCc2ccccc2)cc1. The van der Waals surface area contributed by atoms with E-state index in [9.17, 15) is 13.2 Å². The summed E-state index contributed by atoms with van der Waals surface area (Å²) in [7, 11) is -3.68. The van der Waals surface area contributed by atoms with Crippen LogP contribution in [0.1, 0.15) is 5.56 Å². The monoisotopic (exact) mass is 488 g/mol. The van der Waals surface area contributed by atoms with E-state index in [2.05, 4.69) is 5.32 Å². The minimum Gasteiger partial charge on any atom is -0.490 e. The van der Waals surface area contributed by atoms with Crippen LogP contribution in [0.15, 0.2) is 78.9 Å². The molecule has 0 fully saturated rings. The summed E-state index contributed by atoms with van der Waals surface area (Å²) in [5, 5.41) is 3.13. The van der Waals surface area contributed by atoms with Crippen molar-refractivity contribution in [3.05, 3.63) is 89.4 Å². The fourth-order valence-corrected chi connectivity index (χ4v) is 4.00. The number of ether oxygens (including phenoxy) is 2. The standard InChI is InChI=1S/C24H25ClN2O5S/c1-33(29,30)27(17-24(28)26-15-16-31-23-10-6-5-9-22(23)25)20-11-13-21(14-12-20)32-18-19-7-3-2-4-8-19/h2-14H,15-18H2,1H3,(H,26,28). The van der Waals surface area contributed by atoms with Crippen molar-refractivity contribution in [1.82, 2.24) is 5.32 Å². The van der Waals surface area contributed by atoms with Crippen molar-refractivity contribution in [2.45, 2.75) is 6.61 Å². The Kier molecular flexibility index (Phi) is 8.57. The molecule has 33 heavy (non-hydrogen) atoms. The number of nitrogens with zero attached hydrogens (tertiary/aromatic N) is 1. The molecule has 0 radical (unpaired) electrons. The second kappa shape index (κ2) is 11.6. The second-order valence-electron chi connectivity index (χ2n) is 7.17. The first kappa shape index (κ1) is 24.4. The van der Waals surface area contributed by atoms with Gasteiger partial charge in [0.2, 0.25) is 15.9 Å². The molecule has 0 atom stereocenters. The van der Waals surface area contributed by atoms with E-state index in [-0.39, 0.29) is 19.7 Å². The van der Waals surface area contributed by atoms with Gasteiger partial charge in [0, 0.05) is 0 Å². The van der Waals surface area contributed by atoms with E-state index in [0.29, 0.717) is 28.8 Å². The van der Waals surface area contributed by atoms with Crippen LogP contribution in [0.5, 0.6) is 11.5 Å². The normalized spacial score (nSPS) is 11.0. The Hall–Kier alpha value is -3.23. The maximum atomic E-state index is 12.4. The highest BCUT2D eigenvalue weighted by Gasteiger charge is 2.20. The van der Waals surface area contributed by atoms with E-state index < -0.39 is 15.9 Å². The molecule has 0 bridgehead atoms. The van der Waals surface area contributed by atoms with Crippen LogP contribution in [-0.4, -0.2) is 40.3 Å². The average molecular weight is 489 g/mol. The van der Waals surface area contributed by atoms with Crippen LogP contribution in [0.2, 0.25) is 5.02 Å². The Morgan fingerprint density at radius 3 is 2.27 bits per heavy atom. The predicted octanol–water partition coefficient (Wildman–Crippen LogP) is 3.88. The number of para-hydroxylation sites is 1. The molecule has 0 saturated carbocycles. The van der Waals surface area contributed by atoms with Crippen LogP contribution >= 0.6 is 11.6 Å². The van der Waals surface area contributed by atoms with Gasteiger partial charge in [0.1, 0.15) is 31.3 Å². The average Bonchev–Trinajstić information content (AvgIpc) is 2.80. The quantitative estimate of drug-likeness (QED) is 0.414. The molecule has 1 amide bonds. The number of carbonyl (C=O) groups excluding carboxylic acids is 1. The smallest absolute Gasteiger partial charge is 0.240 e. The van der Waals surface area contributed by atoms with Crippen LogP contribution < -0.4 is 19.1 Å². The first-order valence-electron chi connectivity index (χ1n) is 10.2. The van der Waals surface area contributed by atoms with Crippen molar-refractivity contribution in [2.24, 2.45) is 0 Å². The number of anilines is 1. The van der Waals surface area contributed by atoms with Crippen molar-refractivity contribution in [2.75, 3.05) is 30.3 Å². The van der Waals surface area contributed by atoms with Crippen molar-refractivity contribution < 1.29 is 22.7 Å². The minimum atomic E-state index is -3.68. The van der Waals surface area contributed by atoms with Gasteiger partial charge in [-0.2, -0.15) is 0 Å². The summed E-state index contributed by atoms with van der Waals surface area (Å²) in [6.45, 7) is 0.444. The van der Waals surface area contributed by atoms with E-state index in [4.69, 9.17) is 21.1 Å². The van der Waals surface area contributed by atoms with Crippen LogP contribution in [0, 0.1) is 0 Å². The molecule has 3 aromatic carbocycles. The number of hydrogen-bond donors (Lipinski definition) is 1. The third kappa shape index (κ3) is 7.69. The molecule has 3 aromatic rings. The largest absolute Gasteiger partial charge is 0.490 e. The second-order valence-corrected chi connectivity index (χ2v) is 9.48. The van der Waals surface area contributed by atoms with Gasteiger partial charge < -0.3 is 14.8 Å². The number of hydrogen-bond acceptors (Lipinski definition) is 5. The molecular weight excluding hydrogens is 464 g/mol. The Labute approximate surface area is 198 Å².